The molecule has 1 saturated heterocycles. The molecule has 0 spiro atoms. The molecule has 1 aliphatic rings. The minimum Gasteiger partial charge on any atom is -0.484 e. The van der Waals surface area contributed by atoms with Crippen molar-refractivity contribution in [3.8, 4) is 11.4 Å². The number of tetrazole rings is 1. The van der Waals surface area contributed by atoms with Crippen LogP contribution in [-0.2, 0) is 16.1 Å². The van der Waals surface area contributed by atoms with Gasteiger partial charge in [0.1, 0.15) is 12.1 Å². The second-order valence-electron chi connectivity index (χ2n) is 8.01. The minimum absolute atomic E-state index is 0.0350. The number of rotatable bonds is 9. The van der Waals surface area contributed by atoms with Gasteiger partial charge in [-0.05, 0) is 65.2 Å². The Balaban J connectivity index is 1.38. The third-order valence-electron chi connectivity index (χ3n) is 5.44. The summed E-state index contributed by atoms with van der Waals surface area (Å²) in [5.41, 5.74) is 3.02. The molecule has 1 aromatic heterocycles. The van der Waals surface area contributed by atoms with Crippen LogP contribution in [0.25, 0.3) is 5.69 Å². The van der Waals surface area contributed by atoms with Crippen LogP contribution >= 0.6 is 0 Å². The maximum absolute atomic E-state index is 13.0. The molecular weight excluding hydrogens is 408 g/mol. The maximum atomic E-state index is 13.0. The lowest BCUT2D eigenvalue weighted by Crippen LogP contribution is -2.39. The van der Waals surface area contributed by atoms with E-state index in [-0.39, 0.29) is 18.6 Å². The fraction of sp³-hybridized carbons (Fsp3) is 0.391. The van der Waals surface area contributed by atoms with E-state index in [1.807, 2.05) is 31.1 Å². The van der Waals surface area contributed by atoms with Gasteiger partial charge >= 0.3 is 0 Å². The normalized spacial score (nSPS) is 15.5. The van der Waals surface area contributed by atoms with E-state index in [0.717, 1.165) is 36.4 Å². The molecule has 0 N–H and O–H groups in total. The van der Waals surface area contributed by atoms with Gasteiger partial charge in [0.15, 0.2) is 6.61 Å². The minimum atomic E-state index is -0.0678. The molecule has 168 valence electrons. The second-order valence-corrected chi connectivity index (χ2v) is 8.01. The van der Waals surface area contributed by atoms with E-state index in [2.05, 4.69) is 44.7 Å². The molecule has 1 aliphatic heterocycles. The van der Waals surface area contributed by atoms with E-state index < -0.39 is 0 Å². The maximum Gasteiger partial charge on any atom is 0.260 e. The lowest BCUT2D eigenvalue weighted by atomic mass is 10.1. The van der Waals surface area contributed by atoms with E-state index in [1.54, 1.807) is 16.8 Å². The van der Waals surface area contributed by atoms with Crippen LogP contribution in [0.4, 0.5) is 5.69 Å². The molecule has 1 fully saturated rings. The lowest BCUT2D eigenvalue weighted by molar-refractivity contribution is -0.135. The highest BCUT2D eigenvalue weighted by atomic mass is 16.5. The number of hydrogen-bond acceptors (Lipinski definition) is 7. The number of hydrogen-bond donors (Lipinski definition) is 0. The summed E-state index contributed by atoms with van der Waals surface area (Å²) in [5.74, 6) is 0.546. The average Bonchev–Trinajstić information content (AvgIpc) is 3.52. The molecule has 32 heavy (non-hydrogen) atoms. The summed E-state index contributed by atoms with van der Waals surface area (Å²) in [6.07, 6.45) is 3.61. The SMILES string of the molecule is CN(C)c1ccc(CN(C[C@H]2CCCO2)C(=O)COc2ccc(-n3cnnn3)cc2)cc1. The van der Waals surface area contributed by atoms with E-state index in [9.17, 15) is 4.79 Å². The monoisotopic (exact) mass is 436 g/mol. The molecule has 4 rings (SSSR count). The standard InChI is InChI=1S/C23H28N6O3/c1-27(2)19-7-5-18(6-8-19)14-28(15-22-4-3-13-31-22)23(30)16-32-21-11-9-20(10-12-21)29-17-24-25-26-29/h5-12,17,22H,3-4,13-16H2,1-2H3/t22-/m1/s1. The van der Waals surface area contributed by atoms with Crippen molar-refractivity contribution in [2.45, 2.75) is 25.5 Å². The first-order valence-corrected chi connectivity index (χ1v) is 10.7. The third-order valence-corrected chi connectivity index (χ3v) is 5.44. The highest BCUT2D eigenvalue weighted by Gasteiger charge is 2.23. The Hall–Kier alpha value is -3.46. The predicted molar refractivity (Wildman–Crippen MR) is 120 cm³/mol. The zero-order valence-electron chi connectivity index (χ0n) is 18.4. The predicted octanol–water partition coefficient (Wildman–Crippen LogP) is 2.31. The number of nitrogens with zero attached hydrogens (tertiary/aromatic N) is 6. The number of carbonyl (C=O) groups excluding carboxylic acids is 1. The van der Waals surface area contributed by atoms with Gasteiger partial charge in [0.05, 0.1) is 11.8 Å². The van der Waals surface area contributed by atoms with Gasteiger partial charge in [0.2, 0.25) is 0 Å². The summed E-state index contributed by atoms with van der Waals surface area (Å²) >= 11 is 0. The van der Waals surface area contributed by atoms with Crippen molar-refractivity contribution in [1.82, 2.24) is 25.1 Å². The fourth-order valence-electron chi connectivity index (χ4n) is 3.62. The van der Waals surface area contributed by atoms with Crippen LogP contribution in [0.5, 0.6) is 5.75 Å². The zero-order chi connectivity index (χ0) is 22.3. The van der Waals surface area contributed by atoms with Crippen LogP contribution in [0.15, 0.2) is 54.9 Å². The van der Waals surface area contributed by atoms with Crippen LogP contribution in [0.2, 0.25) is 0 Å². The zero-order valence-corrected chi connectivity index (χ0v) is 18.4. The number of amides is 1. The molecule has 0 aliphatic carbocycles. The van der Waals surface area contributed by atoms with Crippen LogP contribution in [-0.4, -0.2) is 71.0 Å². The molecule has 2 aromatic carbocycles. The molecule has 1 atom stereocenters. The molecule has 0 unspecified atom stereocenters. The lowest BCUT2D eigenvalue weighted by Gasteiger charge is -2.26. The molecular formula is C23H28N6O3. The van der Waals surface area contributed by atoms with Crippen molar-refractivity contribution < 1.29 is 14.3 Å². The van der Waals surface area contributed by atoms with E-state index >= 15 is 0 Å². The van der Waals surface area contributed by atoms with Crippen LogP contribution < -0.4 is 9.64 Å². The van der Waals surface area contributed by atoms with E-state index in [4.69, 9.17) is 9.47 Å². The van der Waals surface area contributed by atoms with Crippen LogP contribution in [0, 0.1) is 0 Å². The first-order valence-electron chi connectivity index (χ1n) is 10.7. The molecule has 9 nitrogen and oxygen atoms in total. The van der Waals surface area contributed by atoms with Crippen LogP contribution in [0.3, 0.4) is 0 Å². The van der Waals surface area contributed by atoms with E-state index in [0.29, 0.717) is 18.8 Å². The first kappa shape index (κ1) is 21.8. The quantitative estimate of drug-likeness (QED) is 0.509. The molecule has 9 heteroatoms. The smallest absolute Gasteiger partial charge is 0.260 e. The summed E-state index contributed by atoms with van der Waals surface area (Å²) in [7, 11) is 4.02. The number of carbonyl (C=O) groups is 1. The van der Waals surface area contributed by atoms with Crippen molar-refractivity contribution in [1.29, 1.82) is 0 Å². The number of ether oxygens (including phenoxy) is 2. The van der Waals surface area contributed by atoms with Gasteiger partial charge in [-0.25, -0.2) is 4.68 Å². The highest BCUT2D eigenvalue weighted by molar-refractivity contribution is 5.78. The molecule has 0 bridgehead atoms. The average molecular weight is 437 g/mol. The summed E-state index contributed by atoms with van der Waals surface area (Å²) in [5, 5.41) is 11.1. The second kappa shape index (κ2) is 10.2. The molecule has 1 amide bonds. The highest BCUT2D eigenvalue weighted by Crippen LogP contribution is 2.19. The van der Waals surface area contributed by atoms with Crippen molar-refractivity contribution in [3.05, 3.63) is 60.4 Å². The van der Waals surface area contributed by atoms with E-state index in [1.165, 1.54) is 6.33 Å². The fourth-order valence-corrected chi connectivity index (χ4v) is 3.62. The topological polar surface area (TPSA) is 85.6 Å². The van der Waals surface area contributed by atoms with Gasteiger partial charge in [-0.2, -0.15) is 0 Å². The van der Waals surface area contributed by atoms with Crippen molar-refractivity contribution >= 4 is 11.6 Å². The number of benzene rings is 2. The van der Waals surface area contributed by atoms with Gasteiger partial charge in [0, 0.05) is 39.5 Å². The Morgan fingerprint density at radius 2 is 1.94 bits per heavy atom. The van der Waals surface area contributed by atoms with Gasteiger partial charge in [-0.3, -0.25) is 4.79 Å². The first-order chi connectivity index (χ1) is 15.6. The molecule has 0 saturated carbocycles. The summed E-state index contributed by atoms with van der Waals surface area (Å²) in [6.45, 7) is 1.81. The van der Waals surface area contributed by atoms with Crippen molar-refractivity contribution in [2.24, 2.45) is 0 Å². The van der Waals surface area contributed by atoms with Gasteiger partial charge in [-0.15, -0.1) is 5.10 Å². The molecule has 3 aromatic rings. The van der Waals surface area contributed by atoms with Gasteiger partial charge < -0.3 is 19.3 Å². The Kier molecular flexibility index (Phi) is 6.96. The molecule has 2 heterocycles. The number of aromatic nitrogens is 4. The summed E-state index contributed by atoms with van der Waals surface area (Å²) in [6, 6.07) is 15.5. The van der Waals surface area contributed by atoms with Crippen LogP contribution in [0.1, 0.15) is 18.4 Å². The Bertz CT molecular complexity index is 984. The van der Waals surface area contributed by atoms with Crippen molar-refractivity contribution in [2.75, 3.05) is 38.8 Å². The summed E-state index contributed by atoms with van der Waals surface area (Å²) in [4.78, 5) is 16.9. The van der Waals surface area contributed by atoms with Gasteiger partial charge in [-0.1, -0.05) is 12.1 Å². The molecule has 0 radical (unpaired) electrons. The number of anilines is 1. The van der Waals surface area contributed by atoms with Gasteiger partial charge in [0.25, 0.3) is 5.91 Å². The Morgan fingerprint density at radius 3 is 2.56 bits per heavy atom. The Morgan fingerprint density at radius 1 is 1.16 bits per heavy atom. The largest absolute Gasteiger partial charge is 0.484 e. The Labute approximate surface area is 187 Å². The summed E-state index contributed by atoms with van der Waals surface area (Å²) < 4.78 is 13.1. The van der Waals surface area contributed by atoms with Crippen molar-refractivity contribution in [3.63, 3.8) is 0 Å². The third kappa shape index (κ3) is 5.61.